The molecule has 150 valence electrons. The van der Waals surface area contributed by atoms with Crippen molar-refractivity contribution in [3.8, 4) is 0 Å². The number of aromatic nitrogens is 4. The minimum absolute atomic E-state index is 0.0702. The van der Waals surface area contributed by atoms with E-state index in [0.717, 1.165) is 48.2 Å². The fraction of sp³-hybridized carbons (Fsp3) is 0.526. The Morgan fingerprint density at radius 3 is 2.89 bits per heavy atom. The summed E-state index contributed by atoms with van der Waals surface area (Å²) >= 11 is 1.52. The molecule has 1 N–H and O–H groups in total. The number of hydrogen-bond donors (Lipinski definition) is 1. The number of nitrogens with one attached hydrogen (secondary N) is 1. The lowest BCUT2D eigenvalue weighted by Crippen LogP contribution is -2.38. The van der Waals surface area contributed by atoms with Gasteiger partial charge in [-0.15, -0.1) is 10.2 Å². The molecule has 1 atom stereocenters. The Bertz CT molecular complexity index is 803. The molecule has 0 bridgehead atoms. The molecular weight excluding hydrogens is 374 g/mol. The van der Waals surface area contributed by atoms with Gasteiger partial charge in [0.25, 0.3) is 0 Å². The smallest absolute Gasteiger partial charge is 0.246 e. The van der Waals surface area contributed by atoms with E-state index in [1.54, 1.807) is 18.5 Å². The number of piperidine rings is 1. The molecule has 8 nitrogen and oxygen atoms in total. The second-order valence-corrected chi connectivity index (χ2v) is 8.16. The second kappa shape index (κ2) is 9.70. The number of amides is 1. The quantitative estimate of drug-likeness (QED) is 0.713. The summed E-state index contributed by atoms with van der Waals surface area (Å²) in [6, 6.07) is 0. The van der Waals surface area contributed by atoms with Crippen molar-refractivity contribution < 1.29 is 4.79 Å². The van der Waals surface area contributed by atoms with Gasteiger partial charge < -0.3 is 15.1 Å². The zero-order chi connectivity index (χ0) is 19.9. The first kappa shape index (κ1) is 20.3. The predicted octanol–water partition coefficient (Wildman–Crippen LogP) is 2.46. The summed E-state index contributed by atoms with van der Waals surface area (Å²) in [6.07, 6.45) is 9.96. The SMILES string of the molecule is CCc1nnc(Nc2cnc([C@@H]3CCCN(C(=O)/C=C/CN(C)C)C3)cn2)s1. The van der Waals surface area contributed by atoms with E-state index < -0.39 is 0 Å². The van der Waals surface area contributed by atoms with E-state index in [1.165, 1.54) is 11.3 Å². The van der Waals surface area contributed by atoms with E-state index in [0.29, 0.717) is 12.4 Å². The van der Waals surface area contributed by atoms with Gasteiger partial charge >= 0.3 is 0 Å². The van der Waals surface area contributed by atoms with Crippen molar-refractivity contribution >= 4 is 28.2 Å². The summed E-state index contributed by atoms with van der Waals surface area (Å²) in [5, 5.41) is 13.0. The highest BCUT2D eigenvalue weighted by atomic mass is 32.1. The third-order valence-electron chi connectivity index (χ3n) is 4.56. The largest absolute Gasteiger partial charge is 0.339 e. The van der Waals surface area contributed by atoms with E-state index in [1.807, 2.05) is 30.0 Å². The number of hydrogen-bond acceptors (Lipinski definition) is 8. The standard InChI is InChI=1S/C19H27N7OS/c1-4-17-23-24-19(28-17)22-16-12-20-15(11-21-16)14-7-5-10-26(13-14)18(27)8-6-9-25(2)3/h6,8,11-12,14H,4-5,7,9-10,13H2,1-3H3,(H,21,22,24)/b8-6+/t14-/m1/s1. The van der Waals surface area contributed by atoms with Crippen LogP contribution in [0, 0.1) is 0 Å². The molecule has 1 amide bonds. The van der Waals surface area contributed by atoms with Crippen molar-refractivity contribution in [2.45, 2.75) is 32.1 Å². The zero-order valence-corrected chi connectivity index (χ0v) is 17.4. The highest BCUT2D eigenvalue weighted by Gasteiger charge is 2.24. The van der Waals surface area contributed by atoms with Crippen molar-refractivity contribution in [1.82, 2.24) is 30.0 Å². The lowest BCUT2D eigenvalue weighted by Gasteiger charge is -2.31. The highest BCUT2D eigenvalue weighted by molar-refractivity contribution is 7.15. The molecule has 3 heterocycles. The van der Waals surface area contributed by atoms with Crippen molar-refractivity contribution in [2.24, 2.45) is 0 Å². The van der Waals surface area contributed by atoms with Gasteiger partial charge in [-0.1, -0.05) is 24.3 Å². The van der Waals surface area contributed by atoms with E-state index in [2.05, 4.69) is 32.4 Å². The Balaban J connectivity index is 1.58. The Hall–Kier alpha value is -2.39. The fourth-order valence-corrected chi connectivity index (χ4v) is 3.74. The summed E-state index contributed by atoms with van der Waals surface area (Å²) in [5.74, 6) is 0.938. The molecule has 3 rings (SSSR count). The summed E-state index contributed by atoms with van der Waals surface area (Å²) in [6.45, 7) is 4.29. The normalized spacial score (nSPS) is 17.4. The first-order valence-corrected chi connectivity index (χ1v) is 10.4. The van der Waals surface area contributed by atoms with Gasteiger partial charge in [-0.3, -0.25) is 9.78 Å². The maximum atomic E-state index is 12.4. The first-order chi connectivity index (χ1) is 13.5. The molecule has 1 fully saturated rings. The first-order valence-electron chi connectivity index (χ1n) is 9.56. The van der Waals surface area contributed by atoms with E-state index in [4.69, 9.17) is 0 Å². The Morgan fingerprint density at radius 1 is 1.36 bits per heavy atom. The number of anilines is 2. The second-order valence-electron chi connectivity index (χ2n) is 7.09. The number of nitrogens with zero attached hydrogens (tertiary/aromatic N) is 6. The van der Waals surface area contributed by atoms with Crippen LogP contribution in [0.25, 0.3) is 0 Å². The molecule has 1 aliphatic rings. The van der Waals surface area contributed by atoms with Crippen LogP contribution in [0.5, 0.6) is 0 Å². The topological polar surface area (TPSA) is 87.1 Å². The van der Waals surface area contributed by atoms with Crippen molar-refractivity contribution in [3.05, 3.63) is 35.2 Å². The average molecular weight is 402 g/mol. The van der Waals surface area contributed by atoms with Crippen LogP contribution in [0.2, 0.25) is 0 Å². The van der Waals surface area contributed by atoms with Crippen LogP contribution in [0.1, 0.15) is 36.4 Å². The Labute approximate surface area is 169 Å². The minimum Gasteiger partial charge on any atom is -0.339 e. The third kappa shape index (κ3) is 5.56. The number of aryl methyl sites for hydroxylation is 1. The zero-order valence-electron chi connectivity index (χ0n) is 16.6. The third-order valence-corrected chi connectivity index (χ3v) is 5.54. The number of rotatable bonds is 7. The molecule has 2 aromatic rings. The van der Waals surface area contributed by atoms with Crippen molar-refractivity contribution in [1.29, 1.82) is 0 Å². The molecule has 1 saturated heterocycles. The predicted molar refractivity (Wildman–Crippen MR) is 111 cm³/mol. The molecule has 28 heavy (non-hydrogen) atoms. The number of carbonyl (C=O) groups is 1. The highest BCUT2D eigenvalue weighted by Crippen LogP contribution is 2.26. The average Bonchev–Trinajstić information content (AvgIpc) is 3.16. The van der Waals surface area contributed by atoms with Gasteiger partial charge in [0.05, 0.1) is 18.1 Å². The van der Waals surface area contributed by atoms with E-state index >= 15 is 0 Å². The Morgan fingerprint density at radius 2 is 2.21 bits per heavy atom. The fourth-order valence-electron chi connectivity index (χ4n) is 3.06. The molecule has 0 spiro atoms. The van der Waals surface area contributed by atoms with Crippen LogP contribution >= 0.6 is 11.3 Å². The summed E-state index contributed by atoms with van der Waals surface area (Å²) in [5.41, 5.74) is 0.923. The van der Waals surface area contributed by atoms with Gasteiger partial charge in [0.15, 0.2) is 5.82 Å². The lowest BCUT2D eigenvalue weighted by molar-refractivity contribution is -0.127. The number of carbonyl (C=O) groups excluding carboxylic acids is 1. The van der Waals surface area contributed by atoms with Crippen LogP contribution in [0.4, 0.5) is 10.9 Å². The maximum Gasteiger partial charge on any atom is 0.246 e. The molecule has 9 heteroatoms. The Kier molecular flexibility index (Phi) is 7.05. The van der Waals surface area contributed by atoms with Crippen LogP contribution in [0.3, 0.4) is 0 Å². The number of likely N-dealkylation sites (tertiary alicyclic amines) is 1. The number of likely N-dealkylation sites (N-methyl/N-ethyl adjacent to an activating group) is 1. The van der Waals surface area contributed by atoms with Crippen LogP contribution in [0.15, 0.2) is 24.5 Å². The summed E-state index contributed by atoms with van der Waals surface area (Å²) < 4.78 is 0. The molecule has 1 aliphatic heterocycles. The van der Waals surface area contributed by atoms with Gasteiger partial charge in [-0.2, -0.15) is 0 Å². The van der Waals surface area contributed by atoms with Gasteiger partial charge in [-0.05, 0) is 33.4 Å². The monoisotopic (exact) mass is 401 g/mol. The van der Waals surface area contributed by atoms with Gasteiger partial charge in [-0.25, -0.2) is 4.98 Å². The molecule has 0 aliphatic carbocycles. The molecule has 0 aromatic carbocycles. The maximum absolute atomic E-state index is 12.4. The van der Waals surface area contributed by atoms with Gasteiger partial charge in [0.1, 0.15) is 5.01 Å². The molecule has 0 radical (unpaired) electrons. The van der Waals surface area contributed by atoms with Crippen LogP contribution < -0.4 is 5.32 Å². The van der Waals surface area contributed by atoms with Gasteiger partial charge in [0, 0.05) is 31.6 Å². The van der Waals surface area contributed by atoms with Crippen molar-refractivity contribution in [3.63, 3.8) is 0 Å². The molecule has 2 aromatic heterocycles. The van der Waals surface area contributed by atoms with Crippen molar-refractivity contribution in [2.75, 3.05) is 39.0 Å². The summed E-state index contributed by atoms with van der Waals surface area (Å²) in [4.78, 5) is 25.4. The summed E-state index contributed by atoms with van der Waals surface area (Å²) in [7, 11) is 3.97. The van der Waals surface area contributed by atoms with Crippen LogP contribution in [-0.4, -0.2) is 69.6 Å². The molecule has 0 unspecified atom stereocenters. The van der Waals surface area contributed by atoms with Gasteiger partial charge in [0.2, 0.25) is 11.0 Å². The minimum atomic E-state index is 0.0702. The van der Waals surface area contributed by atoms with E-state index in [-0.39, 0.29) is 11.8 Å². The molecule has 0 saturated carbocycles. The lowest BCUT2D eigenvalue weighted by atomic mass is 9.95. The van der Waals surface area contributed by atoms with E-state index in [9.17, 15) is 4.79 Å². The van der Waals surface area contributed by atoms with Crippen LogP contribution in [-0.2, 0) is 11.2 Å². The molecular formula is C19H27N7OS.